The normalized spacial score (nSPS) is 14.0. The van der Waals surface area contributed by atoms with Crippen LogP contribution in [0.5, 0.6) is 11.8 Å². The maximum atomic E-state index is 6.57. The summed E-state index contributed by atoms with van der Waals surface area (Å²) >= 11 is 6.57. The first-order chi connectivity index (χ1) is 16.7. The van der Waals surface area contributed by atoms with Gasteiger partial charge < -0.3 is 19.4 Å². The van der Waals surface area contributed by atoms with Crippen LogP contribution in [0.25, 0.3) is 33.8 Å². The number of benzene rings is 2. The molecule has 4 heterocycles. The number of ether oxygens (including phenoxy) is 2. The number of H-pyrrole nitrogens is 2. The van der Waals surface area contributed by atoms with E-state index >= 15 is 0 Å². The summed E-state index contributed by atoms with van der Waals surface area (Å²) in [6, 6.07) is 17.7. The van der Waals surface area contributed by atoms with E-state index in [9.17, 15) is 0 Å². The summed E-state index contributed by atoms with van der Waals surface area (Å²) in [6.07, 6.45) is 0. The summed E-state index contributed by atoms with van der Waals surface area (Å²) in [4.78, 5) is 14.6. The van der Waals surface area contributed by atoms with Gasteiger partial charge >= 0.3 is 6.01 Å². The van der Waals surface area contributed by atoms with E-state index in [0.717, 1.165) is 43.1 Å². The maximum absolute atomic E-state index is 6.57. The third-order valence-electron chi connectivity index (χ3n) is 5.59. The Morgan fingerprint density at radius 3 is 2.62 bits per heavy atom. The van der Waals surface area contributed by atoms with Gasteiger partial charge in [-0.15, -0.1) is 5.10 Å². The second-order valence-corrected chi connectivity index (χ2v) is 8.17. The quantitative estimate of drug-likeness (QED) is 0.391. The van der Waals surface area contributed by atoms with E-state index in [1.165, 1.54) is 0 Å². The molecule has 3 aromatic heterocycles. The van der Waals surface area contributed by atoms with Gasteiger partial charge in [0.2, 0.25) is 0 Å². The zero-order valence-electron chi connectivity index (χ0n) is 17.9. The molecule has 1 saturated heterocycles. The van der Waals surface area contributed by atoms with Gasteiger partial charge in [0.25, 0.3) is 0 Å². The van der Waals surface area contributed by atoms with Gasteiger partial charge in [0.1, 0.15) is 5.75 Å². The summed E-state index contributed by atoms with van der Waals surface area (Å²) in [5, 5.41) is 14.4. The third kappa shape index (κ3) is 4.04. The molecule has 6 rings (SSSR count). The molecule has 10 nitrogen and oxygen atoms in total. The average Bonchev–Trinajstić information content (AvgIpc) is 3.54. The van der Waals surface area contributed by atoms with Crippen LogP contribution < -0.4 is 9.64 Å². The van der Waals surface area contributed by atoms with E-state index in [0.29, 0.717) is 39.5 Å². The minimum atomic E-state index is 0.311. The van der Waals surface area contributed by atoms with Crippen LogP contribution in [0.2, 0.25) is 5.02 Å². The van der Waals surface area contributed by atoms with Crippen molar-refractivity contribution >= 4 is 28.5 Å². The second-order valence-electron chi connectivity index (χ2n) is 7.76. The molecule has 0 radical (unpaired) electrons. The number of morpholine rings is 1. The molecule has 2 N–H and O–H groups in total. The lowest BCUT2D eigenvalue weighted by atomic mass is 10.1. The third-order valence-corrected chi connectivity index (χ3v) is 5.88. The van der Waals surface area contributed by atoms with Crippen molar-refractivity contribution in [1.29, 1.82) is 0 Å². The number of nitrogens with zero attached hydrogens (tertiary/aromatic N) is 6. The minimum Gasteiger partial charge on any atom is -0.426 e. The highest BCUT2D eigenvalue weighted by atomic mass is 35.5. The summed E-state index contributed by atoms with van der Waals surface area (Å²) in [5.41, 5.74) is 4.74. The highest BCUT2D eigenvalue weighted by Gasteiger charge is 2.15. The standard InChI is InChI=1S/C23H19ClN8O2/c24-18-13-19-22(26-20(18)14-4-6-16(7-5-14)32-8-10-33-11-9-32)27-23(25-19)34-17-3-1-2-15(12-17)21-28-30-31-29-21/h1-7,12-13H,8-11H2,(H,25,26,27)(H,28,29,30,31). The second kappa shape index (κ2) is 8.73. The molecule has 1 fully saturated rings. The van der Waals surface area contributed by atoms with Crippen molar-refractivity contribution in [3.05, 3.63) is 59.6 Å². The molecule has 2 aromatic carbocycles. The Hall–Kier alpha value is -4.02. The molecule has 0 bridgehead atoms. The van der Waals surface area contributed by atoms with Gasteiger partial charge in [0, 0.05) is 29.9 Å². The van der Waals surface area contributed by atoms with Gasteiger partial charge in [-0.1, -0.05) is 35.9 Å². The van der Waals surface area contributed by atoms with E-state index in [4.69, 9.17) is 21.1 Å². The fourth-order valence-corrected chi connectivity index (χ4v) is 4.16. The van der Waals surface area contributed by atoms with Crippen molar-refractivity contribution in [2.24, 2.45) is 0 Å². The van der Waals surface area contributed by atoms with Crippen molar-refractivity contribution in [3.63, 3.8) is 0 Å². The smallest absolute Gasteiger partial charge is 0.301 e. The van der Waals surface area contributed by atoms with Gasteiger partial charge in [0.15, 0.2) is 11.5 Å². The Labute approximate surface area is 198 Å². The summed E-state index contributed by atoms with van der Waals surface area (Å²) in [6.45, 7) is 3.27. The summed E-state index contributed by atoms with van der Waals surface area (Å²) in [5.74, 6) is 1.13. The largest absolute Gasteiger partial charge is 0.426 e. The van der Waals surface area contributed by atoms with Crippen molar-refractivity contribution in [2.45, 2.75) is 0 Å². The van der Waals surface area contributed by atoms with Crippen LogP contribution in [0.15, 0.2) is 54.6 Å². The first-order valence-electron chi connectivity index (χ1n) is 10.7. The molecule has 0 atom stereocenters. The lowest BCUT2D eigenvalue weighted by Crippen LogP contribution is -2.36. The molecule has 1 aliphatic heterocycles. The van der Waals surface area contributed by atoms with Crippen LogP contribution in [-0.2, 0) is 4.74 Å². The number of pyridine rings is 1. The molecular weight excluding hydrogens is 456 g/mol. The predicted octanol–water partition coefficient (Wildman–Crippen LogP) is 4.09. The van der Waals surface area contributed by atoms with Crippen LogP contribution in [0.3, 0.4) is 0 Å². The Bertz CT molecular complexity index is 1430. The van der Waals surface area contributed by atoms with Crippen LogP contribution in [-0.4, -0.2) is 61.9 Å². The number of hydrogen-bond donors (Lipinski definition) is 2. The average molecular weight is 475 g/mol. The number of halogens is 1. The molecule has 0 spiro atoms. The number of hydrogen-bond acceptors (Lipinski definition) is 8. The fourth-order valence-electron chi connectivity index (χ4n) is 3.90. The highest BCUT2D eigenvalue weighted by Crippen LogP contribution is 2.32. The number of rotatable bonds is 5. The van der Waals surface area contributed by atoms with Gasteiger partial charge in [-0.2, -0.15) is 4.98 Å². The number of tetrazole rings is 1. The Balaban J connectivity index is 1.26. The van der Waals surface area contributed by atoms with Gasteiger partial charge in [-0.05, 0) is 40.8 Å². The van der Waals surface area contributed by atoms with E-state index in [1.54, 1.807) is 0 Å². The zero-order valence-corrected chi connectivity index (χ0v) is 18.7. The van der Waals surface area contributed by atoms with E-state index in [1.807, 2.05) is 42.5 Å². The van der Waals surface area contributed by atoms with Gasteiger partial charge in [-0.25, -0.2) is 10.1 Å². The van der Waals surface area contributed by atoms with Crippen molar-refractivity contribution in [1.82, 2.24) is 35.6 Å². The van der Waals surface area contributed by atoms with E-state index in [-0.39, 0.29) is 0 Å². The van der Waals surface area contributed by atoms with Crippen LogP contribution in [0.1, 0.15) is 0 Å². The molecule has 0 saturated carbocycles. The first-order valence-corrected chi connectivity index (χ1v) is 11.1. The monoisotopic (exact) mass is 474 g/mol. The Morgan fingerprint density at radius 1 is 0.971 bits per heavy atom. The number of imidazole rings is 1. The summed E-state index contributed by atoms with van der Waals surface area (Å²) in [7, 11) is 0. The Kier molecular flexibility index (Phi) is 5.28. The molecule has 0 aliphatic carbocycles. The number of fused-ring (bicyclic) bond motifs is 1. The van der Waals surface area contributed by atoms with Gasteiger partial charge in [-0.3, -0.25) is 0 Å². The highest BCUT2D eigenvalue weighted by molar-refractivity contribution is 6.33. The predicted molar refractivity (Wildman–Crippen MR) is 127 cm³/mol. The van der Waals surface area contributed by atoms with E-state index in [2.05, 4.69) is 52.6 Å². The fraction of sp³-hybridized carbons (Fsp3) is 0.174. The maximum Gasteiger partial charge on any atom is 0.301 e. The van der Waals surface area contributed by atoms with Crippen molar-refractivity contribution in [3.8, 4) is 34.4 Å². The van der Waals surface area contributed by atoms with Gasteiger partial charge in [0.05, 0.1) is 29.4 Å². The number of anilines is 1. The molecule has 170 valence electrons. The SMILES string of the molecule is Clc1cc2[nH]c(Oc3cccc(-c4nnn[nH]4)c3)nc2nc1-c1ccc(N2CCOCC2)cc1. The van der Waals surface area contributed by atoms with Crippen molar-refractivity contribution in [2.75, 3.05) is 31.2 Å². The number of aromatic nitrogens is 7. The molecular formula is C23H19ClN8O2. The molecule has 0 amide bonds. The molecule has 0 unspecified atom stereocenters. The number of aromatic amines is 2. The Morgan fingerprint density at radius 2 is 1.82 bits per heavy atom. The zero-order chi connectivity index (χ0) is 22.9. The minimum absolute atomic E-state index is 0.311. The van der Waals surface area contributed by atoms with Crippen LogP contribution >= 0.6 is 11.6 Å². The topological polar surface area (TPSA) is 118 Å². The summed E-state index contributed by atoms with van der Waals surface area (Å²) < 4.78 is 11.4. The molecule has 5 aromatic rings. The molecule has 1 aliphatic rings. The first kappa shape index (κ1) is 20.6. The van der Waals surface area contributed by atoms with E-state index < -0.39 is 0 Å². The lowest BCUT2D eigenvalue weighted by molar-refractivity contribution is 0.122. The lowest BCUT2D eigenvalue weighted by Gasteiger charge is -2.28. The van der Waals surface area contributed by atoms with Crippen LogP contribution in [0.4, 0.5) is 5.69 Å². The van der Waals surface area contributed by atoms with Crippen molar-refractivity contribution < 1.29 is 9.47 Å². The molecule has 34 heavy (non-hydrogen) atoms. The number of nitrogens with one attached hydrogen (secondary N) is 2. The van der Waals surface area contributed by atoms with Crippen LogP contribution in [0, 0.1) is 0 Å². The molecule has 11 heteroatoms.